The van der Waals surface area contributed by atoms with Gasteiger partial charge in [-0.15, -0.1) is 10.2 Å². The summed E-state index contributed by atoms with van der Waals surface area (Å²) >= 11 is 6.76. The van der Waals surface area contributed by atoms with Crippen LogP contribution in [0.2, 0.25) is 4.47 Å². The number of amides is 2. The van der Waals surface area contributed by atoms with Crippen molar-refractivity contribution >= 4 is 34.8 Å². The molecule has 3 rings (SSSR count). The van der Waals surface area contributed by atoms with E-state index < -0.39 is 0 Å². The van der Waals surface area contributed by atoms with E-state index in [0.29, 0.717) is 31.1 Å². The van der Waals surface area contributed by atoms with Gasteiger partial charge in [-0.25, -0.2) is 0 Å². The minimum absolute atomic E-state index is 0.140. The summed E-state index contributed by atoms with van der Waals surface area (Å²) in [5.41, 5.74) is 0. The maximum absolute atomic E-state index is 12.2. The van der Waals surface area contributed by atoms with Gasteiger partial charge in [0, 0.05) is 32.1 Å². The fraction of sp³-hybridized carbons (Fsp3) is 0.600. The number of piperazine rings is 1. The average molecular weight is 287 g/mol. The largest absolute Gasteiger partial charge is 0.336 e. The van der Waals surface area contributed by atoms with Gasteiger partial charge in [-0.05, 0) is 18.0 Å². The minimum atomic E-state index is -0.140. The molecule has 2 amide bonds. The van der Waals surface area contributed by atoms with E-state index >= 15 is 0 Å². The number of fused-ring (bicyclic) bond motifs is 1. The van der Waals surface area contributed by atoms with Crippen molar-refractivity contribution in [3.05, 3.63) is 9.47 Å². The molecule has 0 saturated carbocycles. The lowest BCUT2D eigenvalue weighted by Crippen LogP contribution is -2.53. The molecule has 1 unspecified atom stereocenters. The predicted octanol–water partition coefficient (Wildman–Crippen LogP) is 0.638. The summed E-state index contributed by atoms with van der Waals surface area (Å²) in [7, 11) is 0. The summed E-state index contributed by atoms with van der Waals surface area (Å²) in [6.07, 6.45) is 1.43. The standard InChI is InChI=1S/C10H11ClN4O2S/c11-10-13-12-8(18-10)9(17)14-3-4-15-6(5-14)1-2-7(15)16/h6H,1-5H2. The highest BCUT2D eigenvalue weighted by Gasteiger charge is 2.37. The summed E-state index contributed by atoms with van der Waals surface area (Å²) in [6, 6.07) is 0.165. The topological polar surface area (TPSA) is 66.4 Å². The van der Waals surface area contributed by atoms with E-state index in [1.165, 1.54) is 0 Å². The van der Waals surface area contributed by atoms with E-state index in [9.17, 15) is 9.59 Å². The molecule has 0 spiro atoms. The van der Waals surface area contributed by atoms with Crippen LogP contribution in [0.3, 0.4) is 0 Å². The van der Waals surface area contributed by atoms with Crippen LogP contribution in [0.1, 0.15) is 22.6 Å². The zero-order valence-electron chi connectivity index (χ0n) is 9.50. The predicted molar refractivity (Wildman–Crippen MR) is 65.6 cm³/mol. The highest BCUT2D eigenvalue weighted by atomic mass is 35.5. The molecule has 2 saturated heterocycles. The van der Waals surface area contributed by atoms with Crippen LogP contribution in [0, 0.1) is 0 Å². The van der Waals surface area contributed by atoms with Crippen LogP contribution in [-0.4, -0.2) is 57.5 Å². The lowest BCUT2D eigenvalue weighted by atomic mass is 10.1. The fourth-order valence-corrected chi connectivity index (χ4v) is 3.27. The van der Waals surface area contributed by atoms with Crippen LogP contribution in [0.5, 0.6) is 0 Å². The maximum Gasteiger partial charge on any atom is 0.285 e. The molecule has 2 aliphatic rings. The van der Waals surface area contributed by atoms with Crippen LogP contribution in [0.4, 0.5) is 0 Å². The van der Waals surface area contributed by atoms with Gasteiger partial charge < -0.3 is 9.80 Å². The van der Waals surface area contributed by atoms with E-state index in [1.807, 2.05) is 4.90 Å². The molecule has 1 aromatic heterocycles. The SMILES string of the molecule is O=C(c1nnc(Cl)s1)N1CCN2C(=O)CCC2C1. The van der Waals surface area contributed by atoms with Crippen molar-refractivity contribution in [2.75, 3.05) is 19.6 Å². The fourth-order valence-electron chi connectivity index (χ4n) is 2.48. The molecular formula is C10H11ClN4O2S. The molecule has 96 valence electrons. The van der Waals surface area contributed by atoms with E-state index in [4.69, 9.17) is 11.6 Å². The number of nitrogens with zero attached hydrogens (tertiary/aromatic N) is 4. The first-order valence-corrected chi connectivity index (χ1v) is 6.92. The summed E-state index contributed by atoms with van der Waals surface area (Å²) in [5, 5.41) is 7.71. The van der Waals surface area contributed by atoms with Crippen LogP contribution in [-0.2, 0) is 4.79 Å². The van der Waals surface area contributed by atoms with Gasteiger partial charge in [0.05, 0.1) is 0 Å². The Morgan fingerprint density at radius 3 is 2.94 bits per heavy atom. The smallest absolute Gasteiger partial charge is 0.285 e. The number of halogens is 1. The van der Waals surface area contributed by atoms with Crippen LogP contribution >= 0.6 is 22.9 Å². The van der Waals surface area contributed by atoms with Crippen molar-refractivity contribution in [1.29, 1.82) is 0 Å². The Morgan fingerprint density at radius 2 is 2.22 bits per heavy atom. The minimum Gasteiger partial charge on any atom is -0.336 e. The van der Waals surface area contributed by atoms with Crippen LogP contribution in [0.15, 0.2) is 0 Å². The second-order valence-electron chi connectivity index (χ2n) is 4.39. The van der Waals surface area contributed by atoms with Crippen LogP contribution < -0.4 is 0 Å². The maximum atomic E-state index is 12.2. The van der Waals surface area contributed by atoms with E-state index in [0.717, 1.165) is 17.8 Å². The average Bonchev–Trinajstić information content (AvgIpc) is 2.95. The normalized spacial score (nSPS) is 23.4. The number of rotatable bonds is 1. The highest BCUT2D eigenvalue weighted by Crippen LogP contribution is 2.24. The second-order valence-corrected chi connectivity index (χ2v) is 5.95. The van der Waals surface area contributed by atoms with Gasteiger partial charge in [0.2, 0.25) is 15.4 Å². The molecule has 8 heteroatoms. The summed E-state index contributed by atoms with van der Waals surface area (Å²) in [4.78, 5) is 27.3. The monoisotopic (exact) mass is 286 g/mol. The molecule has 3 heterocycles. The molecule has 0 aliphatic carbocycles. The van der Waals surface area contributed by atoms with Crippen molar-refractivity contribution < 1.29 is 9.59 Å². The van der Waals surface area contributed by atoms with E-state index in [2.05, 4.69) is 10.2 Å². The lowest BCUT2D eigenvalue weighted by molar-refractivity contribution is -0.130. The van der Waals surface area contributed by atoms with Gasteiger partial charge in [-0.3, -0.25) is 9.59 Å². The molecule has 1 aromatic rings. The first-order valence-electron chi connectivity index (χ1n) is 5.73. The van der Waals surface area contributed by atoms with Crippen molar-refractivity contribution in [1.82, 2.24) is 20.0 Å². The van der Waals surface area contributed by atoms with Crippen LogP contribution in [0.25, 0.3) is 0 Å². The van der Waals surface area contributed by atoms with Crippen molar-refractivity contribution in [2.45, 2.75) is 18.9 Å². The zero-order chi connectivity index (χ0) is 12.7. The van der Waals surface area contributed by atoms with Gasteiger partial charge in [0.25, 0.3) is 5.91 Å². The molecule has 2 fully saturated rings. The zero-order valence-corrected chi connectivity index (χ0v) is 11.1. The highest BCUT2D eigenvalue weighted by molar-refractivity contribution is 7.17. The van der Waals surface area contributed by atoms with E-state index in [1.54, 1.807) is 4.90 Å². The first kappa shape index (κ1) is 11.9. The third kappa shape index (κ3) is 1.97. The third-order valence-electron chi connectivity index (χ3n) is 3.37. The molecule has 18 heavy (non-hydrogen) atoms. The quantitative estimate of drug-likeness (QED) is 0.760. The molecule has 0 bridgehead atoms. The Labute approximate surface area is 113 Å². The van der Waals surface area contributed by atoms with Gasteiger partial charge >= 0.3 is 0 Å². The number of hydrogen-bond acceptors (Lipinski definition) is 5. The lowest BCUT2D eigenvalue weighted by Gasteiger charge is -2.37. The Kier molecular flexibility index (Phi) is 2.95. The third-order valence-corrected chi connectivity index (χ3v) is 4.37. The summed E-state index contributed by atoms with van der Waals surface area (Å²) in [6.45, 7) is 1.75. The Hall–Kier alpha value is -1.21. The summed E-state index contributed by atoms with van der Waals surface area (Å²) < 4.78 is 0.271. The van der Waals surface area contributed by atoms with Crippen molar-refractivity contribution in [3.63, 3.8) is 0 Å². The number of aromatic nitrogens is 2. The van der Waals surface area contributed by atoms with Gasteiger partial charge in [0.1, 0.15) is 0 Å². The molecule has 0 N–H and O–H groups in total. The van der Waals surface area contributed by atoms with Gasteiger partial charge in [-0.1, -0.05) is 11.3 Å². The number of hydrogen-bond donors (Lipinski definition) is 0. The number of carbonyl (C=O) groups excluding carboxylic acids is 2. The Balaban J connectivity index is 1.71. The second kappa shape index (κ2) is 4.47. The van der Waals surface area contributed by atoms with E-state index in [-0.39, 0.29) is 22.3 Å². The van der Waals surface area contributed by atoms with Gasteiger partial charge in [-0.2, -0.15) is 0 Å². The first-order chi connectivity index (χ1) is 8.65. The Morgan fingerprint density at radius 1 is 1.39 bits per heavy atom. The Bertz CT molecular complexity index is 506. The van der Waals surface area contributed by atoms with Crippen molar-refractivity contribution in [2.24, 2.45) is 0 Å². The van der Waals surface area contributed by atoms with Crippen molar-refractivity contribution in [3.8, 4) is 0 Å². The molecule has 6 nitrogen and oxygen atoms in total. The number of carbonyl (C=O) groups is 2. The molecule has 2 aliphatic heterocycles. The molecule has 0 radical (unpaired) electrons. The molecular weight excluding hydrogens is 276 g/mol. The van der Waals surface area contributed by atoms with Gasteiger partial charge in [0.15, 0.2) is 0 Å². The summed E-state index contributed by atoms with van der Waals surface area (Å²) in [5.74, 6) is 0.0597. The molecule has 1 atom stereocenters. The molecule has 0 aromatic carbocycles.